The molecule has 1 heterocycles. The zero-order chi connectivity index (χ0) is 10.0. The van der Waals surface area contributed by atoms with Gasteiger partial charge in [-0.1, -0.05) is 0 Å². The number of rotatable bonds is 2. The number of hydrogen-bond acceptors (Lipinski definition) is 5. The number of aromatic nitrogens is 1. The zero-order valence-electron chi connectivity index (χ0n) is 6.22. The maximum atomic E-state index is 12.5. The Morgan fingerprint density at radius 2 is 2.15 bits per heavy atom. The van der Waals surface area contributed by atoms with E-state index in [9.17, 15) is 14.5 Å². The SMILES string of the molecule is O=[N+]([O-])c1cc(B(O)O)cc(F)n1. The van der Waals surface area contributed by atoms with Gasteiger partial charge >= 0.3 is 18.9 Å². The van der Waals surface area contributed by atoms with Gasteiger partial charge in [-0.05, 0) is 15.4 Å². The highest BCUT2D eigenvalue weighted by molar-refractivity contribution is 6.58. The molecule has 1 aromatic rings. The summed E-state index contributed by atoms with van der Waals surface area (Å²) in [5.41, 5.74) is -0.306. The summed E-state index contributed by atoms with van der Waals surface area (Å²) in [6.07, 6.45) is 0. The molecule has 1 rings (SSSR count). The Morgan fingerprint density at radius 1 is 1.54 bits per heavy atom. The molecule has 0 aliphatic carbocycles. The molecule has 0 spiro atoms. The van der Waals surface area contributed by atoms with Crippen molar-refractivity contribution < 1.29 is 19.4 Å². The summed E-state index contributed by atoms with van der Waals surface area (Å²) in [5.74, 6) is -1.89. The van der Waals surface area contributed by atoms with Crippen molar-refractivity contribution in [1.29, 1.82) is 0 Å². The number of halogens is 1. The van der Waals surface area contributed by atoms with E-state index in [1.165, 1.54) is 0 Å². The Labute approximate surface area is 72.0 Å². The van der Waals surface area contributed by atoms with Crippen LogP contribution in [0.5, 0.6) is 0 Å². The smallest absolute Gasteiger partial charge is 0.423 e. The third kappa shape index (κ3) is 2.20. The van der Waals surface area contributed by atoms with E-state index >= 15 is 0 Å². The summed E-state index contributed by atoms with van der Waals surface area (Å²) >= 11 is 0. The normalized spacial score (nSPS) is 9.77. The van der Waals surface area contributed by atoms with E-state index in [2.05, 4.69) is 4.98 Å². The van der Waals surface area contributed by atoms with Crippen LogP contribution >= 0.6 is 0 Å². The zero-order valence-corrected chi connectivity index (χ0v) is 6.22. The largest absolute Gasteiger partial charge is 0.488 e. The Bertz CT molecular complexity index is 345. The lowest BCUT2D eigenvalue weighted by atomic mass is 9.81. The number of hydrogen-bond donors (Lipinski definition) is 2. The topological polar surface area (TPSA) is 96.5 Å². The molecule has 0 fully saturated rings. The third-order valence-electron chi connectivity index (χ3n) is 1.29. The molecule has 0 bridgehead atoms. The molecule has 1 aromatic heterocycles. The van der Waals surface area contributed by atoms with Crippen LogP contribution in [0.4, 0.5) is 10.2 Å². The van der Waals surface area contributed by atoms with Crippen LogP contribution in [0.1, 0.15) is 0 Å². The minimum Gasteiger partial charge on any atom is -0.423 e. The Morgan fingerprint density at radius 3 is 2.62 bits per heavy atom. The number of pyridine rings is 1. The van der Waals surface area contributed by atoms with Gasteiger partial charge in [-0.2, -0.15) is 4.39 Å². The quantitative estimate of drug-likeness (QED) is 0.262. The van der Waals surface area contributed by atoms with E-state index in [4.69, 9.17) is 10.0 Å². The van der Waals surface area contributed by atoms with Crippen LogP contribution in [-0.2, 0) is 0 Å². The molecule has 68 valence electrons. The Hall–Kier alpha value is -1.54. The number of nitro groups is 1. The van der Waals surface area contributed by atoms with Crippen LogP contribution in [0.2, 0.25) is 0 Å². The van der Waals surface area contributed by atoms with Crippen molar-refractivity contribution >= 4 is 18.4 Å². The first-order valence-electron chi connectivity index (χ1n) is 3.18. The van der Waals surface area contributed by atoms with Gasteiger partial charge in [0.15, 0.2) is 0 Å². The molecule has 6 nitrogen and oxygen atoms in total. The van der Waals surface area contributed by atoms with Crippen LogP contribution in [0, 0.1) is 16.1 Å². The maximum Gasteiger partial charge on any atom is 0.488 e. The van der Waals surface area contributed by atoms with Crippen molar-refractivity contribution in [3.8, 4) is 0 Å². The molecule has 2 N–H and O–H groups in total. The molecule has 0 amide bonds. The van der Waals surface area contributed by atoms with E-state index in [1.807, 2.05) is 0 Å². The minimum atomic E-state index is -1.95. The highest BCUT2D eigenvalue weighted by atomic mass is 19.1. The lowest BCUT2D eigenvalue weighted by molar-refractivity contribution is -0.389. The summed E-state index contributed by atoms with van der Waals surface area (Å²) < 4.78 is 12.5. The van der Waals surface area contributed by atoms with Gasteiger partial charge in [-0.25, -0.2) is 0 Å². The van der Waals surface area contributed by atoms with Crippen LogP contribution in [0.3, 0.4) is 0 Å². The predicted molar refractivity (Wildman–Crippen MR) is 40.7 cm³/mol. The van der Waals surface area contributed by atoms with Gasteiger partial charge < -0.3 is 20.2 Å². The molecule has 13 heavy (non-hydrogen) atoms. The van der Waals surface area contributed by atoms with Crippen molar-refractivity contribution in [3.63, 3.8) is 0 Å². The molecular weight excluding hydrogens is 182 g/mol. The van der Waals surface area contributed by atoms with E-state index in [0.717, 1.165) is 6.07 Å². The van der Waals surface area contributed by atoms with Crippen molar-refractivity contribution in [1.82, 2.24) is 4.98 Å². The molecule has 8 heteroatoms. The molecular formula is C5H4BFN2O4. The second-order valence-corrected chi connectivity index (χ2v) is 2.21. The molecule has 0 radical (unpaired) electrons. The minimum absolute atomic E-state index is 0.306. The fraction of sp³-hybridized carbons (Fsp3) is 0. The molecule has 0 aliphatic heterocycles. The van der Waals surface area contributed by atoms with Crippen molar-refractivity contribution in [2.75, 3.05) is 0 Å². The van der Waals surface area contributed by atoms with Crippen molar-refractivity contribution in [2.24, 2.45) is 0 Å². The van der Waals surface area contributed by atoms with Gasteiger partial charge in [0.2, 0.25) is 0 Å². The van der Waals surface area contributed by atoms with Gasteiger partial charge in [0.25, 0.3) is 0 Å². The van der Waals surface area contributed by atoms with E-state index in [-0.39, 0.29) is 5.46 Å². The van der Waals surface area contributed by atoms with Crippen LogP contribution in [-0.4, -0.2) is 27.1 Å². The molecule has 0 aliphatic rings. The predicted octanol–water partition coefficient (Wildman–Crippen LogP) is -1.19. The molecule has 0 aromatic carbocycles. The fourth-order valence-electron chi connectivity index (χ4n) is 0.745. The average molecular weight is 186 g/mol. The first-order valence-corrected chi connectivity index (χ1v) is 3.18. The first kappa shape index (κ1) is 9.55. The summed E-state index contributed by atoms with van der Waals surface area (Å²) in [7, 11) is -1.95. The van der Waals surface area contributed by atoms with Gasteiger partial charge in [-0.15, -0.1) is 0 Å². The molecule has 0 saturated heterocycles. The van der Waals surface area contributed by atoms with Gasteiger partial charge in [-0.3, -0.25) is 0 Å². The second kappa shape index (κ2) is 3.46. The van der Waals surface area contributed by atoms with E-state index in [1.54, 1.807) is 0 Å². The first-order chi connectivity index (χ1) is 6.00. The Balaban J connectivity index is 3.19. The van der Waals surface area contributed by atoms with E-state index in [0.29, 0.717) is 6.07 Å². The summed E-state index contributed by atoms with van der Waals surface area (Å²) in [6, 6.07) is 1.49. The summed E-state index contributed by atoms with van der Waals surface area (Å²) in [5, 5.41) is 27.3. The van der Waals surface area contributed by atoms with E-state index < -0.39 is 23.8 Å². The van der Waals surface area contributed by atoms with Gasteiger partial charge in [0.05, 0.1) is 0 Å². The molecule has 0 saturated carbocycles. The number of nitrogens with zero attached hydrogens (tertiary/aromatic N) is 2. The van der Waals surface area contributed by atoms with Crippen molar-refractivity contribution in [2.45, 2.75) is 0 Å². The van der Waals surface area contributed by atoms with Crippen LogP contribution in [0.15, 0.2) is 12.1 Å². The highest BCUT2D eigenvalue weighted by Gasteiger charge is 2.19. The third-order valence-corrected chi connectivity index (χ3v) is 1.29. The van der Waals surface area contributed by atoms with Gasteiger partial charge in [0, 0.05) is 12.1 Å². The average Bonchev–Trinajstić information content (AvgIpc) is 2.03. The van der Waals surface area contributed by atoms with Crippen LogP contribution < -0.4 is 5.46 Å². The lowest BCUT2D eigenvalue weighted by Crippen LogP contribution is -2.30. The standard InChI is InChI=1S/C5H4BFN2O4/c7-4-1-3(6(10)11)2-5(8-4)9(12)13/h1-2,10-11H. The maximum absolute atomic E-state index is 12.5. The van der Waals surface area contributed by atoms with Crippen molar-refractivity contribution in [3.05, 3.63) is 28.2 Å². The Kier molecular flexibility index (Phi) is 2.54. The molecule has 0 unspecified atom stereocenters. The van der Waals surface area contributed by atoms with Gasteiger partial charge in [0.1, 0.15) is 0 Å². The van der Waals surface area contributed by atoms with Crippen LogP contribution in [0.25, 0.3) is 0 Å². The highest BCUT2D eigenvalue weighted by Crippen LogP contribution is 2.04. The summed E-state index contributed by atoms with van der Waals surface area (Å²) in [4.78, 5) is 12.1. The molecule has 0 atom stereocenters. The lowest BCUT2D eigenvalue weighted by Gasteiger charge is -1.97. The fourth-order valence-corrected chi connectivity index (χ4v) is 0.745. The monoisotopic (exact) mass is 186 g/mol. The summed E-state index contributed by atoms with van der Waals surface area (Å²) in [6.45, 7) is 0. The second-order valence-electron chi connectivity index (χ2n) is 2.21.